The largest absolute Gasteiger partial charge is 0.493 e. The summed E-state index contributed by atoms with van der Waals surface area (Å²) >= 11 is 6.64. The van der Waals surface area contributed by atoms with E-state index in [2.05, 4.69) is 4.90 Å². The minimum absolute atomic E-state index is 0.323. The zero-order valence-corrected chi connectivity index (χ0v) is 21.4. The van der Waals surface area contributed by atoms with E-state index in [4.69, 9.17) is 30.2 Å². The minimum atomic E-state index is -0.323. The van der Waals surface area contributed by atoms with E-state index in [1.807, 2.05) is 61.5 Å². The summed E-state index contributed by atoms with van der Waals surface area (Å²) in [6.45, 7) is 3.68. The van der Waals surface area contributed by atoms with Crippen molar-refractivity contribution >= 4 is 22.6 Å². The third-order valence-corrected chi connectivity index (χ3v) is 7.02. The van der Waals surface area contributed by atoms with Crippen molar-refractivity contribution in [2.45, 2.75) is 26.3 Å². The standard InChI is InChI=1S/C29H28ClNO5/c1-18-21-15-24(30)28-23(27(21)36-29(32)22(18)13-19-7-5-4-6-8-19)16-31(17-35-28)12-11-20-9-10-25(33-2)26(14-20)34-3/h4-10,14-15H,11-13,16-17H2,1-3H3. The first-order valence-corrected chi connectivity index (χ1v) is 12.2. The topological polar surface area (TPSA) is 61.1 Å². The van der Waals surface area contributed by atoms with Gasteiger partial charge in [-0.1, -0.05) is 48.0 Å². The molecular formula is C29H28ClNO5. The molecule has 0 radical (unpaired) electrons. The second-order valence-corrected chi connectivity index (χ2v) is 9.37. The van der Waals surface area contributed by atoms with Crippen molar-refractivity contribution in [1.82, 2.24) is 4.90 Å². The van der Waals surface area contributed by atoms with Crippen LogP contribution in [0.5, 0.6) is 17.2 Å². The van der Waals surface area contributed by atoms with Crippen LogP contribution in [0.1, 0.15) is 27.8 Å². The predicted octanol–water partition coefficient (Wildman–Crippen LogP) is 5.76. The highest BCUT2D eigenvalue weighted by atomic mass is 35.5. The molecule has 0 fully saturated rings. The van der Waals surface area contributed by atoms with E-state index < -0.39 is 0 Å². The fourth-order valence-electron chi connectivity index (χ4n) is 4.73. The van der Waals surface area contributed by atoms with Crippen LogP contribution >= 0.6 is 11.6 Å². The first kappa shape index (κ1) is 24.2. The summed E-state index contributed by atoms with van der Waals surface area (Å²) in [5.41, 5.74) is 4.75. The second-order valence-electron chi connectivity index (χ2n) is 8.96. The van der Waals surface area contributed by atoms with Crippen LogP contribution in [0.2, 0.25) is 5.02 Å². The summed E-state index contributed by atoms with van der Waals surface area (Å²) in [6, 6.07) is 17.7. The molecule has 3 aromatic carbocycles. The number of rotatable bonds is 7. The van der Waals surface area contributed by atoms with E-state index in [1.165, 1.54) is 0 Å². The van der Waals surface area contributed by atoms with Crippen LogP contribution in [-0.2, 0) is 19.4 Å². The highest BCUT2D eigenvalue weighted by Gasteiger charge is 2.26. The van der Waals surface area contributed by atoms with E-state index in [9.17, 15) is 4.79 Å². The number of methoxy groups -OCH3 is 2. The summed E-state index contributed by atoms with van der Waals surface area (Å²) in [5, 5.41) is 1.37. The zero-order chi connectivity index (χ0) is 25.2. The van der Waals surface area contributed by atoms with E-state index in [-0.39, 0.29) is 5.63 Å². The van der Waals surface area contributed by atoms with Gasteiger partial charge < -0.3 is 18.6 Å². The molecule has 1 aliphatic heterocycles. The number of hydrogen-bond acceptors (Lipinski definition) is 6. The van der Waals surface area contributed by atoms with Gasteiger partial charge in [0.25, 0.3) is 0 Å². The van der Waals surface area contributed by atoms with Gasteiger partial charge in [0.1, 0.15) is 18.1 Å². The second kappa shape index (κ2) is 10.2. The molecule has 4 aromatic rings. The Morgan fingerprint density at radius 1 is 1.00 bits per heavy atom. The monoisotopic (exact) mass is 505 g/mol. The molecule has 0 unspecified atom stereocenters. The van der Waals surface area contributed by atoms with Gasteiger partial charge in [0.05, 0.1) is 24.8 Å². The minimum Gasteiger partial charge on any atom is -0.493 e. The highest BCUT2D eigenvalue weighted by molar-refractivity contribution is 6.33. The lowest BCUT2D eigenvalue weighted by atomic mass is 9.97. The summed E-state index contributed by atoms with van der Waals surface area (Å²) < 4.78 is 22.7. The lowest BCUT2D eigenvalue weighted by Gasteiger charge is -2.30. The van der Waals surface area contributed by atoms with Crippen LogP contribution in [0, 0.1) is 6.92 Å². The van der Waals surface area contributed by atoms with Crippen molar-refractivity contribution in [2.24, 2.45) is 0 Å². The molecule has 7 heteroatoms. The third-order valence-electron chi connectivity index (χ3n) is 6.74. The van der Waals surface area contributed by atoms with Gasteiger partial charge in [-0.15, -0.1) is 0 Å². The molecular weight excluding hydrogens is 478 g/mol. The van der Waals surface area contributed by atoms with E-state index in [0.717, 1.165) is 40.6 Å². The summed E-state index contributed by atoms with van der Waals surface area (Å²) in [7, 11) is 3.26. The molecule has 0 N–H and O–H groups in total. The molecule has 1 aliphatic rings. The number of fused-ring (bicyclic) bond motifs is 3. The Morgan fingerprint density at radius 3 is 2.53 bits per heavy atom. The van der Waals surface area contributed by atoms with Crippen LogP contribution in [0.3, 0.4) is 0 Å². The fourth-order valence-corrected chi connectivity index (χ4v) is 5.01. The third kappa shape index (κ3) is 4.66. The summed E-state index contributed by atoms with van der Waals surface area (Å²) in [5.74, 6) is 2.00. The molecule has 6 nitrogen and oxygen atoms in total. The predicted molar refractivity (Wildman–Crippen MR) is 141 cm³/mol. The van der Waals surface area contributed by atoms with Gasteiger partial charge in [-0.05, 0) is 48.2 Å². The van der Waals surface area contributed by atoms with Crippen molar-refractivity contribution in [2.75, 3.05) is 27.5 Å². The van der Waals surface area contributed by atoms with Crippen LogP contribution in [0.25, 0.3) is 11.0 Å². The van der Waals surface area contributed by atoms with Gasteiger partial charge in [0.15, 0.2) is 11.5 Å². The van der Waals surface area contributed by atoms with Crippen molar-refractivity contribution in [3.8, 4) is 17.2 Å². The Morgan fingerprint density at radius 2 is 1.78 bits per heavy atom. The normalized spacial score (nSPS) is 13.3. The molecule has 0 aliphatic carbocycles. The number of aryl methyl sites for hydroxylation is 1. The van der Waals surface area contributed by atoms with Crippen molar-refractivity contribution in [1.29, 1.82) is 0 Å². The van der Waals surface area contributed by atoms with Crippen LogP contribution in [0.15, 0.2) is 63.8 Å². The molecule has 2 heterocycles. The number of nitrogens with zero attached hydrogens (tertiary/aromatic N) is 1. The maximum absolute atomic E-state index is 13.1. The van der Waals surface area contributed by atoms with E-state index in [1.54, 1.807) is 14.2 Å². The molecule has 186 valence electrons. The summed E-state index contributed by atoms with van der Waals surface area (Å²) in [4.78, 5) is 15.2. The average Bonchev–Trinajstić information content (AvgIpc) is 2.91. The van der Waals surface area contributed by atoms with Gasteiger partial charge in [0.2, 0.25) is 0 Å². The highest BCUT2D eigenvalue weighted by Crippen LogP contribution is 2.40. The first-order valence-electron chi connectivity index (χ1n) is 11.9. The lowest BCUT2D eigenvalue weighted by Crippen LogP contribution is -2.34. The Bertz CT molecular complexity index is 1460. The molecule has 0 atom stereocenters. The molecule has 1 aromatic heterocycles. The average molecular weight is 506 g/mol. The molecule has 5 rings (SSSR count). The number of hydrogen-bond donors (Lipinski definition) is 0. The zero-order valence-electron chi connectivity index (χ0n) is 20.6. The van der Waals surface area contributed by atoms with Gasteiger partial charge in [0, 0.05) is 30.5 Å². The Balaban J connectivity index is 1.43. The van der Waals surface area contributed by atoms with E-state index >= 15 is 0 Å². The van der Waals surface area contributed by atoms with E-state index in [0.29, 0.717) is 53.1 Å². The first-order chi connectivity index (χ1) is 17.5. The van der Waals surface area contributed by atoms with Crippen LogP contribution in [-0.4, -0.2) is 32.4 Å². The molecule has 0 saturated carbocycles. The van der Waals surface area contributed by atoms with Crippen molar-refractivity contribution in [3.63, 3.8) is 0 Å². The SMILES string of the molecule is COc1ccc(CCN2COc3c(Cl)cc4c(C)c(Cc5ccccc5)c(=O)oc4c3C2)cc1OC. The van der Waals surface area contributed by atoms with Gasteiger partial charge in [-0.3, -0.25) is 4.90 Å². The smallest absolute Gasteiger partial charge is 0.340 e. The number of halogens is 1. The van der Waals surface area contributed by atoms with Crippen molar-refractivity contribution in [3.05, 3.63) is 97.9 Å². The number of benzene rings is 3. The Hall–Kier alpha value is -3.48. The van der Waals surface area contributed by atoms with Crippen LogP contribution < -0.4 is 19.8 Å². The Kier molecular flexibility index (Phi) is 6.90. The van der Waals surface area contributed by atoms with Gasteiger partial charge in [-0.25, -0.2) is 4.79 Å². The summed E-state index contributed by atoms with van der Waals surface area (Å²) in [6.07, 6.45) is 1.30. The fraction of sp³-hybridized carbons (Fsp3) is 0.276. The quantitative estimate of drug-likeness (QED) is 0.298. The maximum atomic E-state index is 13.1. The lowest BCUT2D eigenvalue weighted by molar-refractivity contribution is 0.0968. The van der Waals surface area contributed by atoms with Crippen molar-refractivity contribution < 1.29 is 18.6 Å². The maximum Gasteiger partial charge on any atom is 0.340 e. The van der Waals surface area contributed by atoms with Gasteiger partial charge >= 0.3 is 5.63 Å². The number of ether oxygens (including phenoxy) is 3. The molecule has 0 amide bonds. The molecule has 36 heavy (non-hydrogen) atoms. The molecule has 0 saturated heterocycles. The Labute approximate surface area is 215 Å². The molecule has 0 spiro atoms. The van der Waals surface area contributed by atoms with Gasteiger partial charge in [-0.2, -0.15) is 0 Å². The van der Waals surface area contributed by atoms with Crippen LogP contribution in [0.4, 0.5) is 0 Å². The molecule has 0 bridgehead atoms.